The van der Waals surface area contributed by atoms with E-state index >= 15 is 0 Å². The van der Waals surface area contributed by atoms with Gasteiger partial charge in [0.25, 0.3) is 0 Å². The van der Waals surface area contributed by atoms with Gasteiger partial charge in [0.1, 0.15) is 0 Å². The van der Waals surface area contributed by atoms with Crippen molar-refractivity contribution in [2.45, 2.75) is 77.2 Å². The molecule has 3 atom stereocenters. The first-order valence-electron chi connectivity index (χ1n) is 8.54. The molecule has 112 valence electrons. The quantitative estimate of drug-likeness (QED) is 0.861. The van der Waals surface area contributed by atoms with Crippen molar-refractivity contribution in [2.75, 3.05) is 6.54 Å². The van der Waals surface area contributed by atoms with Crippen LogP contribution >= 0.6 is 11.3 Å². The SMILES string of the molecule is CCNC1CCCc2nc(C3CCCC(CC)C3)sc21. The largest absolute Gasteiger partial charge is 0.309 e. The Morgan fingerprint density at radius 3 is 2.90 bits per heavy atom. The molecule has 1 N–H and O–H groups in total. The minimum absolute atomic E-state index is 0.584. The molecule has 0 bridgehead atoms. The van der Waals surface area contributed by atoms with Gasteiger partial charge < -0.3 is 5.32 Å². The second-order valence-electron chi connectivity index (χ2n) is 6.50. The van der Waals surface area contributed by atoms with Crippen molar-refractivity contribution in [3.8, 4) is 0 Å². The first-order chi connectivity index (χ1) is 9.81. The number of nitrogens with zero attached hydrogens (tertiary/aromatic N) is 1. The van der Waals surface area contributed by atoms with Crippen LogP contribution < -0.4 is 5.32 Å². The summed E-state index contributed by atoms with van der Waals surface area (Å²) in [6.07, 6.45) is 10.8. The number of aromatic nitrogens is 1. The van der Waals surface area contributed by atoms with Gasteiger partial charge in [0.05, 0.1) is 10.7 Å². The summed E-state index contributed by atoms with van der Waals surface area (Å²) in [6, 6.07) is 0.584. The van der Waals surface area contributed by atoms with E-state index in [1.54, 1.807) is 4.88 Å². The predicted octanol–water partition coefficient (Wildman–Crippen LogP) is 4.81. The zero-order valence-corrected chi connectivity index (χ0v) is 13.8. The van der Waals surface area contributed by atoms with Crippen LogP contribution in [-0.2, 0) is 6.42 Å². The molecule has 0 spiro atoms. The molecule has 3 rings (SSSR count). The van der Waals surface area contributed by atoms with Crippen molar-refractivity contribution in [1.82, 2.24) is 10.3 Å². The second kappa shape index (κ2) is 6.57. The number of nitrogens with one attached hydrogen (secondary N) is 1. The topological polar surface area (TPSA) is 24.9 Å². The molecule has 0 amide bonds. The van der Waals surface area contributed by atoms with Crippen LogP contribution in [0.3, 0.4) is 0 Å². The fourth-order valence-electron chi connectivity index (χ4n) is 3.94. The van der Waals surface area contributed by atoms with E-state index in [-0.39, 0.29) is 0 Å². The van der Waals surface area contributed by atoms with Gasteiger partial charge in [0.2, 0.25) is 0 Å². The van der Waals surface area contributed by atoms with E-state index in [4.69, 9.17) is 4.98 Å². The summed E-state index contributed by atoms with van der Waals surface area (Å²) in [5.41, 5.74) is 1.42. The average molecular weight is 292 g/mol. The molecule has 2 aliphatic rings. The molecular formula is C17H28N2S. The Balaban J connectivity index is 1.78. The van der Waals surface area contributed by atoms with Crippen molar-refractivity contribution in [1.29, 1.82) is 0 Å². The smallest absolute Gasteiger partial charge is 0.0962 e. The Hall–Kier alpha value is -0.410. The summed E-state index contributed by atoms with van der Waals surface area (Å²) in [7, 11) is 0. The lowest BCUT2D eigenvalue weighted by Gasteiger charge is -2.26. The fourth-order valence-corrected chi connectivity index (χ4v) is 5.31. The van der Waals surface area contributed by atoms with Gasteiger partial charge in [-0.05, 0) is 44.6 Å². The first-order valence-corrected chi connectivity index (χ1v) is 9.36. The minimum atomic E-state index is 0.584. The van der Waals surface area contributed by atoms with Crippen LogP contribution in [0.25, 0.3) is 0 Å². The highest BCUT2D eigenvalue weighted by Gasteiger charge is 2.29. The highest BCUT2D eigenvalue weighted by atomic mass is 32.1. The zero-order chi connectivity index (χ0) is 13.9. The molecule has 1 aromatic rings. The van der Waals surface area contributed by atoms with Crippen molar-refractivity contribution < 1.29 is 0 Å². The van der Waals surface area contributed by atoms with Crippen molar-refractivity contribution in [2.24, 2.45) is 5.92 Å². The lowest BCUT2D eigenvalue weighted by molar-refractivity contribution is 0.314. The number of rotatable bonds is 4. The molecule has 1 heterocycles. The standard InChI is InChI=1S/C17H28N2S/c1-3-12-7-5-8-13(11-12)17-19-15-10-6-9-14(18-4-2)16(15)20-17/h12-14,18H,3-11H2,1-2H3. The molecule has 2 nitrogen and oxygen atoms in total. The molecule has 0 aliphatic heterocycles. The van der Waals surface area contributed by atoms with E-state index in [0.717, 1.165) is 18.4 Å². The lowest BCUT2D eigenvalue weighted by Crippen LogP contribution is -2.23. The summed E-state index contributed by atoms with van der Waals surface area (Å²) < 4.78 is 0. The molecule has 1 aromatic heterocycles. The van der Waals surface area contributed by atoms with E-state index in [1.807, 2.05) is 11.3 Å². The normalized spacial score (nSPS) is 30.2. The molecule has 0 aromatic carbocycles. The third kappa shape index (κ3) is 2.94. The number of thiazole rings is 1. The number of fused-ring (bicyclic) bond motifs is 1. The van der Waals surface area contributed by atoms with E-state index < -0.39 is 0 Å². The lowest BCUT2D eigenvalue weighted by atomic mass is 9.80. The molecule has 2 aliphatic carbocycles. The molecule has 3 unspecified atom stereocenters. The molecule has 3 heteroatoms. The van der Waals surface area contributed by atoms with Gasteiger partial charge in [0, 0.05) is 16.8 Å². The van der Waals surface area contributed by atoms with Gasteiger partial charge in [-0.3, -0.25) is 0 Å². The van der Waals surface area contributed by atoms with Gasteiger partial charge in [0.15, 0.2) is 0 Å². The molecule has 20 heavy (non-hydrogen) atoms. The average Bonchev–Trinajstić information content (AvgIpc) is 2.93. The molecular weight excluding hydrogens is 264 g/mol. The number of hydrogen-bond acceptors (Lipinski definition) is 3. The summed E-state index contributed by atoms with van der Waals surface area (Å²) in [5.74, 6) is 1.70. The van der Waals surface area contributed by atoms with Crippen molar-refractivity contribution >= 4 is 11.3 Å². The minimum Gasteiger partial charge on any atom is -0.309 e. The van der Waals surface area contributed by atoms with E-state index in [9.17, 15) is 0 Å². The van der Waals surface area contributed by atoms with Crippen LogP contribution in [0.15, 0.2) is 0 Å². The third-order valence-electron chi connectivity index (χ3n) is 5.13. The molecule has 1 saturated carbocycles. The van der Waals surface area contributed by atoms with Gasteiger partial charge >= 0.3 is 0 Å². The monoisotopic (exact) mass is 292 g/mol. The number of aryl methyl sites for hydroxylation is 1. The third-order valence-corrected chi connectivity index (χ3v) is 6.50. The van der Waals surface area contributed by atoms with Crippen LogP contribution in [-0.4, -0.2) is 11.5 Å². The zero-order valence-electron chi connectivity index (χ0n) is 13.0. The fraction of sp³-hybridized carbons (Fsp3) is 0.824. The predicted molar refractivity (Wildman–Crippen MR) is 86.5 cm³/mol. The van der Waals surface area contributed by atoms with Crippen molar-refractivity contribution in [3.05, 3.63) is 15.6 Å². The van der Waals surface area contributed by atoms with Crippen LogP contribution in [0.2, 0.25) is 0 Å². The van der Waals surface area contributed by atoms with E-state index in [1.165, 1.54) is 62.1 Å². The van der Waals surface area contributed by atoms with Gasteiger partial charge in [-0.15, -0.1) is 11.3 Å². The Morgan fingerprint density at radius 1 is 1.20 bits per heavy atom. The summed E-state index contributed by atoms with van der Waals surface area (Å²) in [6.45, 7) is 5.63. The van der Waals surface area contributed by atoms with Gasteiger partial charge in [-0.1, -0.05) is 33.1 Å². The maximum absolute atomic E-state index is 5.05. The van der Waals surface area contributed by atoms with Crippen LogP contribution in [0.4, 0.5) is 0 Å². The summed E-state index contributed by atoms with van der Waals surface area (Å²) in [5, 5.41) is 5.10. The molecule has 0 saturated heterocycles. The molecule has 0 radical (unpaired) electrons. The first kappa shape index (κ1) is 14.5. The Morgan fingerprint density at radius 2 is 2.10 bits per heavy atom. The van der Waals surface area contributed by atoms with Gasteiger partial charge in [-0.2, -0.15) is 0 Å². The van der Waals surface area contributed by atoms with Crippen LogP contribution in [0, 0.1) is 5.92 Å². The highest BCUT2D eigenvalue weighted by molar-refractivity contribution is 7.12. The van der Waals surface area contributed by atoms with Gasteiger partial charge in [-0.25, -0.2) is 4.98 Å². The highest BCUT2D eigenvalue weighted by Crippen LogP contribution is 2.42. The molecule has 1 fully saturated rings. The Kier molecular flexibility index (Phi) is 4.77. The van der Waals surface area contributed by atoms with Crippen LogP contribution in [0.5, 0.6) is 0 Å². The van der Waals surface area contributed by atoms with E-state index in [0.29, 0.717) is 6.04 Å². The Bertz CT molecular complexity index is 440. The van der Waals surface area contributed by atoms with Crippen molar-refractivity contribution in [3.63, 3.8) is 0 Å². The summed E-state index contributed by atoms with van der Waals surface area (Å²) in [4.78, 5) is 6.62. The Labute approximate surface area is 127 Å². The van der Waals surface area contributed by atoms with E-state index in [2.05, 4.69) is 19.2 Å². The summed E-state index contributed by atoms with van der Waals surface area (Å²) >= 11 is 2.03. The maximum Gasteiger partial charge on any atom is 0.0962 e. The maximum atomic E-state index is 5.05. The van der Waals surface area contributed by atoms with Crippen LogP contribution in [0.1, 0.15) is 86.3 Å². The second-order valence-corrected chi connectivity index (χ2v) is 7.57. The number of hydrogen-bond donors (Lipinski definition) is 1.